The molecule has 0 rings (SSSR count). The number of aliphatic carboxylic acids is 1. The largest absolute Gasteiger partial charge is 0.480 e. The highest BCUT2D eigenvalue weighted by Gasteiger charge is 2.16. The van der Waals surface area contributed by atoms with E-state index < -0.39 is 11.3 Å². The van der Waals surface area contributed by atoms with Crippen LogP contribution in [-0.4, -0.2) is 41.0 Å². The van der Waals surface area contributed by atoms with Crippen LogP contribution in [0, 0.1) is 0 Å². The summed E-state index contributed by atoms with van der Waals surface area (Å²) in [5, 5.41) is 7.65. The third kappa shape index (κ3) is 4.22. The Morgan fingerprint density at radius 1 is 1.64 bits per heavy atom. The van der Waals surface area contributed by atoms with Crippen molar-refractivity contribution in [2.24, 2.45) is 0 Å². The Balaban J connectivity index is 3.75. The fourth-order valence-corrected chi connectivity index (χ4v) is 0.759. The summed E-state index contributed by atoms with van der Waals surface area (Å²) < 4.78 is 0. The third-order valence-corrected chi connectivity index (χ3v) is 1.92. The molecule has 0 aromatic heterocycles. The van der Waals surface area contributed by atoms with Crippen LogP contribution < -0.4 is 0 Å². The van der Waals surface area contributed by atoms with Crippen LogP contribution in [0.2, 0.25) is 0 Å². The lowest BCUT2D eigenvalue weighted by molar-refractivity contribution is -0.136. The van der Waals surface area contributed by atoms with E-state index in [9.17, 15) is 4.79 Å². The van der Waals surface area contributed by atoms with Crippen LogP contribution in [-0.2, 0) is 4.79 Å². The highest BCUT2D eigenvalue weighted by molar-refractivity contribution is 6.29. The van der Waals surface area contributed by atoms with Gasteiger partial charge in [0.05, 0.1) is 0 Å². The predicted molar refractivity (Wildman–Crippen MR) is 45.0 cm³/mol. The summed E-state index contributed by atoms with van der Waals surface area (Å²) in [6, 6.07) is 0.329. The third-order valence-electron chi connectivity index (χ3n) is 1.60. The Labute approximate surface area is 71.9 Å². The lowest BCUT2D eigenvalue weighted by Crippen LogP contribution is -2.35. The smallest absolute Gasteiger partial charge is 0.322 e. The van der Waals surface area contributed by atoms with Crippen LogP contribution in [0.4, 0.5) is 0 Å². The molecule has 1 atom stereocenters. The van der Waals surface area contributed by atoms with Crippen LogP contribution in [0.5, 0.6) is 0 Å². The normalized spacial score (nSPS) is 14.0. The van der Waals surface area contributed by atoms with Crippen LogP contribution >= 0.6 is 11.6 Å². The van der Waals surface area contributed by atoms with E-state index in [4.69, 9.17) is 16.7 Å². The fraction of sp³-hybridized carbons (Fsp3) is 0.857. The molecular formula is C7H14ClNO2. The van der Waals surface area contributed by atoms with Gasteiger partial charge in [-0.05, 0) is 20.9 Å². The van der Waals surface area contributed by atoms with Crippen LogP contribution in [0.25, 0.3) is 0 Å². The van der Waals surface area contributed by atoms with Gasteiger partial charge in [0.25, 0.3) is 0 Å². The summed E-state index contributed by atoms with van der Waals surface area (Å²) >= 11 is 5.51. The molecule has 0 saturated heterocycles. The molecule has 0 saturated carbocycles. The monoisotopic (exact) mass is 179 g/mol. The van der Waals surface area contributed by atoms with Crippen LogP contribution in [0.15, 0.2) is 0 Å². The molecule has 11 heavy (non-hydrogen) atoms. The van der Waals surface area contributed by atoms with E-state index in [-0.39, 0.29) is 0 Å². The van der Waals surface area contributed by atoms with Gasteiger partial charge < -0.3 is 10.0 Å². The SMILES string of the molecule is CC(C)N(C)CC(Cl)C(=O)O. The maximum absolute atomic E-state index is 10.3. The van der Waals surface area contributed by atoms with E-state index in [1.54, 1.807) is 0 Å². The number of carboxylic acid groups (broad SMARTS) is 1. The molecule has 0 aromatic rings. The minimum Gasteiger partial charge on any atom is -0.480 e. The van der Waals surface area contributed by atoms with Gasteiger partial charge >= 0.3 is 5.97 Å². The van der Waals surface area contributed by atoms with Crippen molar-refractivity contribution in [3.8, 4) is 0 Å². The summed E-state index contributed by atoms with van der Waals surface area (Å²) in [5.74, 6) is -0.959. The highest BCUT2D eigenvalue weighted by Crippen LogP contribution is 2.01. The molecule has 66 valence electrons. The van der Waals surface area contributed by atoms with Crippen molar-refractivity contribution < 1.29 is 9.90 Å². The van der Waals surface area contributed by atoms with Gasteiger partial charge in [-0.15, -0.1) is 11.6 Å². The first-order chi connectivity index (χ1) is 4.95. The molecule has 1 N–H and O–H groups in total. The number of hydrogen-bond acceptors (Lipinski definition) is 2. The van der Waals surface area contributed by atoms with Crippen molar-refractivity contribution in [1.29, 1.82) is 0 Å². The Kier molecular flexibility index (Phi) is 4.45. The first-order valence-corrected chi connectivity index (χ1v) is 3.96. The van der Waals surface area contributed by atoms with Crippen molar-refractivity contribution >= 4 is 17.6 Å². The van der Waals surface area contributed by atoms with Crippen LogP contribution in [0.3, 0.4) is 0 Å². The van der Waals surface area contributed by atoms with E-state index in [0.717, 1.165) is 0 Å². The second-order valence-corrected chi connectivity index (χ2v) is 3.37. The summed E-state index contributed by atoms with van der Waals surface area (Å²) in [4.78, 5) is 12.2. The molecule has 0 aromatic carbocycles. The topological polar surface area (TPSA) is 40.5 Å². The Morgan fingerprint density at radius 3 is 2.36 bits per heavy atom. The molecule has 0 amide bonds. The van der Waals surface area contributed by atoms with E-state index in [1.165, 1.54) is 0 Å². The van der Waals surface area contributed by atoms with Gasteiger partial charge in [-0.2, -0.15) is 0 Å². The Bertz CT molecular complexity index is 138. The molecule has 0 fully saturated rings. The molecule has 0 radical (unpaired) electrons. The van der Waals surface area contributed by atoms with Gasteiger partial charge in [0.2, 0.25) is 0 Å². The molecule has 3 nitrogen and oxygen atoms in total. The zero-order valence-corrected chi connectivity index (χ0v) is 7.80. The maximum Gasteiger partial charge on any atom is 0.322 e. The molecule has 4 heteroatoms. The predicted octanol–water partition coefficient (Wildman–Crippen LogP) is 1.02. The average molecular weight is 180 g/mol. The molecule has 0 heterocycles. The van der Waals surface area contributed by atoms with Crippen molar-refractivity contribution in [2.75, 3.05) is 13.6 Å². The van der Waals surface area contributed by atoms with E-state index in [1.807, 2.05) is 25.8 Å². The van der Waals surface area contributed by atoms with E-state index >= 15 is 0 Å². The number of nitrogens with zero attached hydrogens (tertiary/aromatic N) is 1. The minimum absolute atomic E-state index is 0.329. The molecule has 0 bridgehead atoms. The van der Waals surface area contributed by atoms with Gasteiger partial charge in [-0.25, -0.2) is 0 Å². The second-order valence-electron chi connectivity index (χ2n) is 2.84. The molecule has 1 unspecified atom stereocenters. The summed E-state index contributed by atoms with van der Waals surface area (Å²) in [6.45, 7) is 4.37. The van der Waals surface area contributed by atoms with Gasteiger partial charge in [0.15, 0.2) is 0 Å². The van der Waals surface area contributed by atoms with Crippen molar-refractivity contribution in [1.82, 2.24) is 4.90 Å². The Morgan fingerprint density at radius 2 is 2.09 bits per heavy atom. The van der Waals surface area contributed by atoms with E-state index in [0.29, 0.717) is 12.6 Å². The van der Waals surface area contributed by atoms with E-state index in [2.05, 4.69) is 0 Å². The molecule has 0 aliphatic rings. The summed E-state index contributed by atoms with van der Waals surface area (Å²) in [6.07, 6.45) is 0. The highest BCUT2D eigenvalue weighted by atomic mass is 35.5. The number of carbonyl (C=O) groups is 1. The number of hydrogen-bond donors (Lipinski definition) is 1. The fourth-order valence-electron chi connectivity index (χ4n) is 0.542. The number of alkyl halides is 1. The zero-order valence-electron chi connectivity index (χ0n) is 7.04. The van der Waals surface area contributed by atoms with Crippen molar-refractivity contribution in [2.45, 2.75) is 25.3 Å². The lowest BCUT2D eigenvalue weighted by Gasteiger charge is -2.21. The average Bonchev–Trinajstić information content (AvgIpc) is 1.87. The van der Waals surface area contributed by atoms with Gasteiger partial charge in [0, 0.05) is 12.6 Å². The Hall–Kier alpha value is -0.280. The standard InChI is InChI=1S/C7H14ClNO2/c1-5(2)9(3)4-6(8)7(10)11/h5-6H,4H2,1-3H3,(H,10,11). The zero-order chi connectivity index (χ0) is 9.02. The minimum atomic E-state index is -0.959. The van der Waals surface area contributed by atoms with Gasteiger partial charge in [0.1, 0.15) is 5.38 Å². The molecule has 0 spiro atoms. The lowest BCUT2D eigenvalue weighted by atomic mass is 10.3. The van der Waals surface area contributed by atoms with Crippen molar-refractivity contribution in [3.63, 3.8) is 0 Å². The first kappa shape index (κ1) is 10.7. The quantitative estimate of drug-likeness (QED) is 0.656. The van der Waals surface area contributed by atoms with Gasteiger partial charge in [-0.3, -0.25) is 4.79 Å². The van der Waals surface area contributed by atoms with Crippen molar-refractivity contribution in [3.05, 3.63) is 0 Å². The number of rotatable bonds is 4. The number of halogens is 1. The van der Waals surface area contributed by atoms with Crippen LogP contribution in [0.1, 0.15) is 13.8 Å². The van der Waals surface area contributed by atoms with Gasteiger partial charge in [-0.1, -0.05) is 0 Å². The number of carboxylic acids is 1. The molecule has 0 aliphatic heterocycles. The molecular weight excluding hydrogens is 166 g/mol. The first-order valence-electron chi connectivity index (χ1n) is 3.52. The maximum atomic E-state index is 10.3. The second kappa shape index (κ2) is 4.57. The molecule has 0 aliphatic carbocycles. The summed E-state index contributed by atoms with van der Waals surface area (Å²) in [5.41, 5.74) is 0. The summed E-state index contributed by atoms with van der Waals surface area (Å²) in [7, 11) is 1.85.